The minimum atomic E-state index is 0.618. The van der Waals surface area contributed by atoms with Gasteiger partial charge in [-0.05, 0) is 69.1 Å². The average Bonchev–Trinajstić information content (AvgIpc) is 2.91. The molecule has 1 aromatic carbocycles. The number of pyridine rings is 1. The molecule has 0 spiro atoms. The van der Waals surface area contributed by atoms with Gasteiger partial charge in [0.25, 0.3) is 0 Å². The number of anilines is 5. The van der Waals surface area contributed by atoms with Crippen LogP contribution >= 0.6 is 0 Å². The molecule has 38 heavy (non-hydrogen) atoms. The van der Waals surface area contributed by atoms with Gasteiger partial charge in [-0.3, -0.25) is 4.90 Å². The number of aldehydes is 1. The van der Waals surface area contributed by atoms with Crippen LogP contribution in [0.3, 0.4) is 0 Å². The Balaban J connectivity index is 0.000000366. The first-order chi connectivity index (χ1) is 18.6. The Labute approximate surface area is 223 Å². The predicted octanol–water partition coefficient (Wildman–Crippen LogP) is 3.53. The van der Waals surface area contributed by atoms with Gasteiger partial charge >= 0.3 is 0 Å². The maximum absolute atomic E-state index is 9.77. The van der Waals surface area contributed by atoms with E-state index in [4.69, 9.17) is 9.72 Å². The first kappa shape index (κ1) is 25.7. The second kappa shape index (κ2) is 11.6. The zero-order chi connectivity index (χ0) is 26.5. The summed E-state index contributed by atoms with van der Waals surface area (Å²) in [6, 6.07) is 6.19. The van der Waals surface area contributed by atoms with Gasteiger partial charge in [0.1, 0.15) is 18.6 Å². The van der Waals surface area contributed by atoms with Crippen molar-refractivity contribution in [2.45, 2.75) is 33.2 Å². The molecule has 200 valence electrons. The number of carbonyl (C=O) groups excluding carboxylic acids is 1. The fourth-order valence-electron chi connectivity index (χ4n) is 4.92. The van der Waals surface area contributed by atoms with Crippen molar-refractivity contribution in [3.8, 4) is 5.88 Å². The molecule has 1 fully saturated rings. The Morgan fingerprint density at radius 2 is 2.03 bits per heavy atom. The first-order valence-electron chi connectivity index (χ1n) is 13.2. The van der Waals surface area contributed by atoms with E-state index >= 15 is 0 Å². The van der Waals surface area contributed by atoms with E-state index in [1.54, 1.807) is 0 Å². The second-order valence-electron chi connectivity index (χ2n) is 9.79. The summed E-state index contributed by atoms with van der Waals surface area (Å²) in [5.74, 6) is 1.31. The van der Waals surface area contributed by atoms with Crippen LogP contribution in [0.2, 0.25) is 0 Å². The second-order valence-corrected chi connectivity index (χ2v) is 9.79. The molecule has 10 heteroatoms. The molecular weight excluding hydrogens is 480 g/mol. The third-order valence-electron chi connectivity index (χ3n) is 7.24. The minimum Gasteiger partial charge on any atom is -0.474 e. The highest BCUT2D eigenvalue weighted by Gasteiger charge is 2.24. The molecular formula is C28H36N8O2. The zero-order valence-electron chi connectivity index (χ0n) is 22.4. The molecule has 5 heterocycles. The van der Waals surface area contributed by atoms with Crippen LogP contribution in [0, 0.1) is 13.8 Å². The molecule has 10 nitrogen and oxygen atoms in total. The molecule has 0 saturated carbocycles. The van der Waals surface area contributed by atoms with Crippen molar-refractivity contribution in [1.82, 2.24) is 19.9 Å². The molecule has 0 unspecified atom stereocenters. The van der Waals surface area contributed by atoms with Gasteiger partial charge in [0.05, 0.1) is 30.7 Å². The van der Waals surface area contributed by atoms with Crippen LogP contribution in [-0.2, 0) is 17.8 Å². The number of nitrogens with zero attached hydrogens (tertiary/aromatic N) is 5. The monoisotopic (exact) mass is 516 g/mol. The summed E-state index contributed by atoms with van der Waals surface area (Å²) >= 11 is 0. The third kappa shape index (κ3) is 5.65. The topological polar surface area (TPSA) is 108 Å². The molecule has 0 aliphatic carbocycles. The molecule has 1 saturated heterocycles. The minimum absolute atomic E-state index is 0.618. The smallest absolute Gasteiger partial charge is 0.237 e. The van der Waals surface area contributed by atoms with Crippen molar-refractivity contribution in [2.24, 2.45) is 0 Å². The number of carbonyl (C=O) groups is 1. The SMILES string of the molecule is CNc1ccc(Nc2ncc3c(n2)CN(c2cnc4c(c2C)NCCO4)CC3)cc1C.O=CCN1CCC1. The number of nitrogens with one attached hydrogen (secondary N) is 3. The fourth-order valence-corrected chi connectivity index (χ4v) is 4.92. The van der Waals surface area contributed by atoms with E-state index < -0.39 is 0 Å². The Morgan fingerprint density at radius 3 is 2.74 bits per heavy atom. The van der Waals surface area contributed by atoms with E-state index in [1.165, 1.54) is 23.1 Å². The molecule has 6 rings (SSSR count). The molecule has 0 radical (unpaired) electrons. The summed E-state index contributed by atoms with van der Waals surface area (Å²) in [4.78, 5) is 28.1. The first-order valence-corrected chi connectivity index (χ1v) is 13.2. The number of rotatable bonds is 6. The van der Waals surface area contributed by atoms with Gasteiger partial charge in [0.2, 0.25) is 11.8 Å². The van der Waals surface area contributed by atoms with Crippen LogP contribution in [0.25, 0.3) is 0 Å². The van der Waals surface area contributed by atoms with Gasteiger partial charge in [-0.1, -0.05) is 0 Å². The van der Waals surface area contributed by atoms with Crippen molar-refractivity contribution >= 4 is 35.0 Å². The maximum Gasteiger partial charge on any atom is 0.237 e. The largest absolute Gasteiger partial charge is 0.474 e. The lowest BCUT2D eigenvalue weighted by atomic mass is 10.0. The lowest BCUT2D eigenvalue weighted by molar-refractivity contribution is -0.109. The third-order valence-corrected chi connectivity index (χ3v) is 7.24. The van der Waals surface area contributed by atoms with Gasteiger partial charge < -0.3 is 30.4 Å². The van der Waals surface area contributed by atoms with Crippen LogP contribution in [0.1, 0.15) is 28.8 Å². The standard InChI is InChI=1S/C23H27N7O.C5H9NO/c1-14-10-17(4-5-18(14)24-3)28-23-27-11-16-6-8-30(13-19(16)29-23)20-12-26-22-21(15(20)2)25-7-9-31-22;7-5-4-6-2-1-3-6/h4-5,10-12,24-25H,6-9,13H2,1-3H3,(H,27,28,29);5H,1-4H2. The molecule has 3 aliphatic heterocycles. The normalized spacial score (nSPS) is 15.9. The highest BCUT2D eigenvalue weighted by molar-refractivity contribution is 5.70. The number of hydrogen-bond donors (Lipinski definition) is 3. The predicted molar refractivity (Wildman–Crippen MR) is 151 cm³/mol. The van der Waals surface area contributed by atoms with Gasteiger partial charge in [0.15, 0.2) is 0 Å². The molecule has 3 aromatic rings. The Bertz CT molecular complexity index is 1290. The summed E-state index contributed by atoms with van der Waals surface area (Å²) < 4.78 is 5.67. The van der Waals surface area contributed by atoms with Crippen LogP contribution in [0.4, 0.5) is 28.7 Å². The van der Waals surface area contributed by atoms with E-state index in [1.807, 2.05) is 25.5 Å². The van der Waals surface area contributed by atoms with Crippen LogP contribution in [0.15, 0.2) is 30.6 Å². The summed E-state index contributed by atoms with van der Waals surface area (Å²) in [6.07, 6.45) is 7.00. The number of aryl methyl sites for hydroxylation is 1. The molecule has 2 aromatic heterocycles. The van der Waals surface area contributed by atoms with Crippen molar-refractivity contribution in [3.63, 3.8) is 0 Å². The van der Waals surface area contributed by atoms with Crippen molar-refractivity contribution in [1.29, 1.82) is 0 Å². The molecule has 3 N–H and O–H groups in total. The van der Waals surface area contributed by atoms with Crippen molar-refractivity contribution < 1.29 is 9.53 Å². The van der Waals surface area contributed by atoms with Gasteiger partial charge in [-0.2, -0.15) is 0 Å². The summed E-state index contributed by atoms with van der Waals surface area (Å²) in [5.41, 5.74) is 8.80. The van der Waals surface area contributed by atoms with E-state index in [0.29, 0.717) is 25.0 Å². The summed E-state index contributed by atoms with van der Waals surface area (Å²) in [6.45, 7) is 10.2. The maximum atomic E-state index is 9.77. The van der Waals surface area contributed by atoms with E-state index in [9.17, 15) is 4.79 Å². The van der Waals surface area contributed by atoms with E-state index in [-0.39, 0.29) is 0 Å². The van der Waals surface area contributed by atoms with Gasteiger partial charge in [0, 0.05) is 43.3 Å². The molecule has 0 atom stereocenters. The molecule has 0 amide bonds. The number of ether oxygens (including phenoxy) is 1. The van der Waals surface area contributed by atoms with Crippen LogP contribution in [0.5, 0.6) is 5.88 Å². The lowest BCUT2D eigenvalue weighted by Gasteiger charge is -2.32. The Hall–Kier alpha value is -3.92. The van der Waals surface area contributed by atoms with Gasteiger partial charge in [-0.25, -0.2) is 15.0 Å². The average molecular weight is 517 g/mol. The summed E-state index contributed by atoms with van der Waals surface area (Å²) in [7, 11) is 1.93. The number of hydrogen-bond acceptors (Lipinski definition) is 10. The number of aromatic nitrogens is 3. The van der Waals surface area contributed by atoms with Crippen molar-refractivity contribution in [2.75, 3.05) is 67.2 Å². The summed E-state index contributed by atoms with van der Waals surface area (Å²) in [5, 5.41) is 9.96. The van der Waals surface area contributed by atoms with Crippen LogP contribution in [-0.4, -0.2) is 72.5 Å². The van der Waals surface area contributed by atoms with Crippen LogP contribution < -0.4 is 25.6 Å². The Kier molecular flexibility index (Phi) is 7.88. The van der Waals surface area contributed by atoms with E-state index in [0.717, 1.165) is 73.9 Å². The van der Waals surface area contributed by atoms with Gasteiger partial charge in [-0.15, -0.1) is 0 Å². The zero-order valence-corrected chi connectivity index (χ0v) is 22.4. The van der Waals surface area contributed by atoms with E-state index in [2.05, 4.69) is 61.7 Å². The Morgan fingerprint density at radius 1 is 1.16 bits per heavy atom. The van der Waals surface area contributed by atoms with Crippen molar-refractivity contribution in [3.05, 3.63) is 53.0 Å². The fraction of sp³-hybridized carbons (Fsp3) is 0.429. The number of likely N-dealkylation sites (tertiary alicyclic amines) is 1. The lowest BCUT2D eigenvalue weighted by Crippen LogP contribution is -2.38. The highest BCUT2D eigenvalue weighted by atomic mass is 16.5. The highest BCUT2D eigenvalue weighted by Crippen LogP contribution is 2.36. The molecule has 0 bridgehead atoms. The quantitative estimate of drug-likeness (QED) is 0.421. The number of fused-ring (bicyclic) bond motifs is 2. The number of benzene rings is 1. The molecule has 3 aliphatic rings.